The van der Waals surface area contributed by atoms with Crippen LogP contribution in [0.5, 0.6) is 0 Å². The van der Waals surface area contributed by atoms with Crippen molar-refractivity contribution in [2.45, 2.75) is 33.1 Å². The lowest BCUT2D eigenvalue weighted by molar-refractivity contribution is 0.103. The van der Waals surface area contributed by atoms with Crippen molar-refractivity contribution in [1.82, 2.24) is 0 Å². The van der Waals surface area contributed by atoms with Crippen LogP contribution >= 0.6 is 11.3 Å². The van der Waals surface area contributed by atoms with Crippen LogP contribution in [0.4, 0.5) is 10.1 Å². The van der Waals surface area contributed by atoms with E-state index in [9.17, 15) is 9.18 Å². The van der Waals surface area contributed by atoms with E-state index in [2.05, 4.69) is 12.2 Å². The summed E-state index contributed by atoms with van der Waals surface area (Å²) < 4.78 is 13.3. The van der Waals surface area contributed by atoms with Crippen LogP contribution in [0.2, 0.25) is 0 Å². The number of amides is 1. The molecule has 1 aliphatic carbocycles. The molecular formula is C17H18FNOS. The molecule has 1 heterocycles. The second kappa shape index (κ2) is 5.60. The van der Waals surface area contributed by atoms with Crippen molar-refractivity contribution >= 4 is 22.9 Å². The van der Waals surface area contributed by atoms with Crippen molar-refractivity contribution in [2.24, 2.45) is 5.92 Å². The van der Waals surface area contributed by atoms with Crippen molar-refractivity contribution in [3.63, 3.8) is 0 Å². The van der Waals surface area contributed by atoms with E-state index >= 15 is 0 Å². The van der Waals surface area contributed by atoms with E-state index in [1.165, 1.54) is 29.0 Å². The molecular weight excluding hydrogens is 285 g/mol. The number of thiophene rings is 1. The maximum Gasteiger partial charge on any atom is 0.265 e. The first-order valence-electron chi connectivity index (χ1n) is 7.22. The second-order valence-electron chi connectivity index (χ2n) is 5.82. The van der Waals surface area contributed by atoms with Crippen LogP contribution in [0.3, 0.4) is 0 Å². The van der Waals surface area contributed by atoms with E-state index in [0.717, 1.165) is 23.3 Å². The Balaban J connectivity index is 1.81. The Labute approximate surface area is 128 Å². The van der Waals surface area contributed by atoms with Gasteiger partial charge in [0.1, 0.15) is 5.82 Å². The van der Waals surface area contributed by atoms with Gasteiger partial charge in [0, 0.05) is 10.6 Å². The number of carbonyl (C=O) groups is 1. The van der Waals surface area contributed by atoms with Gasteiger partial charge in [-0.1, -0.05) is 13.0 Å². The molecule has 0 fully saturated rings. The predicted octanol–water partition coefficient (Wildman–Crippen LogP) is 4.57. The highest BCUT2D eigenvalue weighted by molar-refractivity contribution is 7.14. The molecule has 1 aliphatic rings. The smallest absolute Gasteiger partial charge is 0.265 e. The van der Waals surface area contributed by atoms with Crippen LogP contribution in [-0.4, -0.2) is 5.91 Å². The quantitative estimate of drug-likeness (QED) is 0.865. The molecule has 3 rings (SSSR count). The maximum atomic E-state index is 13.3. The molecule has 0 radical (unpaired) electrons. The van der Waals surface area contributed by atoms with Gasteiger partial charge < -0.3 is 5.32 Å². The van der Waals surface area contributed by atoms with Crippen LogP contribution in [0.15, 0.2) is 24.3 Å². The molecule has 0 aliphatic heterocycles. The molecule has 0 saturated carbocycles. The summed E-state index contributed by atoms with van der Waals surface area (Å²) in [5, 5.41) is 2.82. The summed E-state index contributed by atoms with van der Waals surface area (Å²) in [4.78, 5) is 14.4. The minimum atomic E-state index is -0.338. The maximum absolute atomic E-state index is 13.3. The highest BCUT2D eigenvalue weighted by Gasteiger charge is 2.21. The number of rotatable bonds is 2. The van der Waals surface area contributed by atoms with Gasteiger partial charge in [-0.05, 0) is 61.4 Å². The molecule has 4 heteroatoms. The Morgan fingerprint density at radius 1 is 1.38 bits per heavy atom. The highest BCUT2D eigenvalue weighted by Crippen LogP contribution is 2.32. The molecule has 0 bridgehead atoms. The number of aryl methyl sites for hydroxylation is 2. The topological polar surface area (TPSA) is 29.1 Å². The van der Waals surface area contributed by atoms with E-state index in [4.69, 9.17) is 0 Å². The number of halogens is 1. The van der Waals surface area contributed by atoms with Crippen LogP contribution in [0.25, 0.3) is 0 Å². The normalized spacial score (nSPS) is 17.4. The molecule has 0 spiro atoms. The number of hydrogen-bond acceptors (Lipinski definition) is 2. The molecule has 2 aromatic rings. The number of nitrogens with one attached hydrogen (secondary N) is 1. The van der Waals surface area contributed by atoms with E-state index in [0.29, 0.717) is 11.6 Å². The zero-order chi connectivity index (χ0) is 15.0. The average Bonchev–Trinajstić information content (AvgIpc) is 2.86. The zero-order valence-corrected chi connectivity index (χ0v) is 13.0. The number of carbonyl (C=O) groups excluding carboxylic acids is 1. The van der Waals surface area contributed by atoms with Crippen molar-refractivity contribution in [3.8, 4) is 0 Å². The lowest BCUT2D eigenvalue weighted by Crippen LogP contribution is -2.11. The monoisotopic (exact) mass is 303 g/mol. The summed E-state index contributed by atoms with van der Waals surface area (Å²) in [6.07, 6.45) is 3.31. The Bertz CT molecular complexity index is 692. The summed E-state index contributed by atoms with van der Waals surface area (Å²) in [7, 11) is 0. The third kappa shape index (κ3) is 3.00. The molecule has 1 N–H and O–H groups in total. The fourth-order valence-electron chi connectivity index (χ4n) is 2.73. The first-order valence-corrected chi connectivity index (χ1v) is 8.03. The minimum Gasteiger partial charge on any atom is -0.321 e. The number of hydrogen-bond donors (Lipinski definition) is 1. The van der Waals surface area contributed by atoms with E-state index in [-0.39, 0.29) is 11.7 Å². The van der Waals surface area contributed by atoms with Crippen LogP contribution in [0.1, 0.15) is 39.0 Å². The van der Waals surface area contributed by atoms with Gasteiger partial charge in [0.2, 0.25) is 0 Å². The first-order chi connectivity index (χ1) is 10.0. The molecule has 21 heavy (non-hydrogen) atoms. The summed E-state index contributed by atoms with van der Waals surface area (Å²) >= 11 is 1.57. The van der Waals surface area contributed by atoms with Gasteiger partial charge in [0.15, 0.2) is 0 Å². The van der Waals surface area contributed by atoms with Crippen molar-refractivity contribution < 1.29 is 9.18 Å². The largest absolute Gasteiger partial charge is 0.321 e. The number of fused-ring (bicyclic) bond motifs is 1. The van der Waals surface area contributed by atoms with E-state index in [1.807, 2.05) is 13.0 Å². The molecule has 0 saturated heterocycles. The summed E-state index contributed by atoms with van der Waals surface area (Å²) in [5.74, 6) is 0.208. The Morgan fingerprint density at radius 3 is 3.00 bits per heavy atom. The molecule has 1 aromatic carbocycles. The van der Waals surface area contributed by atoms with Gasteiger partial charge in [-0.2, -0.15) is 0 Å². The predicted molar refractivity (Wildman–Crippen MR) is 84.6 cm³/mol. The van der Waals surface area contributed by atoms with Gasteiger partial charge in [0.05, 0.1) is 4.88 Å². The molecule has 110 valence electrons. The van der Waals surface area contributed by atoms with Crippen molar-refractivity contribution in [1.29, 1.82) is 0 Å². The van der Waals surface area contributed by atoms with Crippen molar-refractivity contribution in [2.75, 3.05) is 5.32 Å². The van der Waals surface area contributed by atoms with Gasteiger partial charge in [0.25, 0.3) is 5.91 Å². The molecule has 1 amide bonds. The summed E-state index contributed by atoms with van der Waals surface area (Å²) in [6.45, 7) is 4.10. The molecule has 1 atom stereocenters. The van der Waals surface area contributed by atoms with Gasteiger partial charge >= 0.3 is 0 Å². The first kappa shape index (κ1) is 14.3. The fraction of sp³-hybridized carbons (Fsp3) is 0.353. The molecule has 0 unspecified atom stereocenters. The Morgan fingerprint density at radius 2 is 2.19 bits per heavy atom. The minimum absolute atomic E-state index is 0.143. The Hall–Kier alpha value is -1.68. The van der Waals surface area contributed by atoms with Gasteiger partial charge in [-0.3, -0.25) is 4.79 Å². The van der Waals surface area contributed by atoms with E-state index < -0.39 is 0 Å². The third-order valence-electron chi connectivity index (χ3n) is 4.00. The number of anilines is 1. The summed E-state index contributed by atoms with van der Waals surface area (Å²) in [5.41, 5.74) is 2.71. The highest BCUT2D eigenvalue weighted by atomic mass is 32.1. The summed E-state index contributed by atoms with van der Waals surface area (Å²) in [6, 6.07) is 6.44. The lowest BCUT2D eigenvalue weighted by Gasteiger charge is -2.16. The van der Waals surface area contributed by atoms with Crippen molar-refractivity contribution in [3.05, 3.63) is 51.0 Å². The van der Waals surface area contributed by atoms with Crippen LogP contribution in [-0.2, 0) is 12.8 Å². The molecule has 1 aromatic heterocycles. The third-order valence-corrected chi connectivity index (χ3v) is 5.24. The Kier molecular flexibility index (Phi) is 3.81. The van der Waals surface area contributed by atoms with E-state index in [1.54, 1.807) is 17.4 Å². The average molecular weight is 303 g/mol. The number of benzene rings is 1. The van der Waals surface area contributed by atoms with Crippen LogP contribution in [0, 0.1) is 18.7 Å². The van der Waals surface area contributed by atoms with Gasteiger partial charge in [-0.25, -0.2) is 4.39 Å². The SMILES string of the molecule is Cc1ccc(F)cc1NC(=O)c1cc2c(s1)CC[C@@H](C)C2. The second-order valence-corrected chi connectivity index (χ2v) is 6.96. The fourth-order valence-corrected chi connectivity index (χ4v) is 3.83. The molecule has 2 nitrogen and oxygen atoms in total. The van der Waals surface area contributed by atoms with Gasteiger partial charge in [-0.15, -0.1) is 11.3 Å². The lowest BCUT2D eigenvalue weighted by atomic mass is 9.90. The standard InChI is InChI=1S/C17H18FNOS/c1-10-3-6-15-12(7-10)8-16(21-15)17(20)19-14-9-13(18)5-4-11(14)2/h4-5,8-10H,3,6-7H2,1-2H3,(H,19,20)/t10-/m1/s1. The van der Waals surface area contributed by atoms with Crippen LogP contribution < -0.4 is 5.32 Å². The zero-order valence-electron chi connectivity index (χ0n) is 12.2.